The Kier molecular flexibility index (Phi) is 3.11. The molecule has 0 radical (unpaired) electrons. The monoisotopic (exact) mass is 256 g/mol. The first kappa shape index (κ1) is 12.0. The molecule has 0 bridgehead atoms. The van der Waals surface area contributed by atoms with E-state index in [1.807, 2.05) is 30.3 Å². The van der Waals surface area contributed by atoms with Gasteiger partial charge in [-0.3, -0.25) is 0 Å². The zero-order valence-electron chi connectivity index (χ0n) is 10.6. The Morgan fingerprint density at radius 3 is 2.74 bits per heavy atom. The molecule has 0 saturated heterocycles. The summed E-state index contributed by atoms with van der Waals surface area (Å²) in [5, 5.41) is 11.1. The van der Waals surface area contributed by atoms with Crippen molar-refractivity contribution in [2.45, 2.75) is 19.3 Å². The summed E-state index contributed by atoms with van der Waals surface area (Å²) < 4.78 is 5.68. The minimum absolute atomic E-state index is 0.272. The van der Waals surface area contributed by atoms with Gasteiger partial charge in [-0.05, 0) is 29.2 Å². The molecule has 1 aliphatic rings. The topological polar surface area (TPSA) is 46.5 Å². The van der Waals surface area contributed by atoms with Gasteiger partial charge in [0.05, 0.1) is 6.61 Å². The number of aromatic carboxylic acids is 1. The number of benzene rings is 2. The first-order chi connectivity index (χ1) is 9.25. The van der Waals surface area contributed by atoms with E-state index in [4.69, 9.17) is 4.74 Å². The van der Waals surface area contributed by atoms with Crippen LogP contribution in [0.3, 0.4) is 0 Å². The van der Waals surface area contributed by atoms with Crippen LogP contribution in [0.15, 0.2) is 36.4 Å². The highest BCUT2D eigenvalue weighted by atomic mass is 16.5. The molecule has 0 aromatic heterocycles. The van der Waals surface area contributed by atoms with Crippen molar-refractivity contribution in [1.29, 1.82) is 0 Å². The van der Waals surface area contributed by atoms with Crippen molar-refractivity contribution < 1.29 is 14.6 Å². The molecular weight excluding hydrogens is 240 g/mol. The quantitative estimate of drug-likeness (QED) is 0.886. The van der Waals surface area contributed by atoms with Crippen LogP contribution in [-0.2, 0) is 0 Å². The normalized spacial score (nSPS) is 14.5. The largest absolute Gasteiger partial charge is 0.493 e. The lowest BCUT2D eigenvalue weighted by Crippen LogP contribution is -2.05. The van der Waals surface area contributed by atoms with Crippen molar-refractivity contribution in [3.63, 3.8) is 0 Å². The molecule has 1 fully saturated rings. The minimum atomic E-state index is -0.932. The number of hydrogen-bond donors (Lipinski definition) is 1. The summed E-state index contributed by atoms with van der Waals surface area (Å²) in [6.45, 7) is 0.600. The van der Waals surface area contributed by atoms with E-state index in [9.17, 15) is 9.90 Å². The molecule has 0 amide bonds. The average Bonchev–Trinajstić information content (AvgIpc) is 3.22. The van der Waals surface area contributed by atoms with Crippen LogP contribution < -0.4 is 4.74 Å². The fraction of sp³-hybridized carbons (Fsp3) is 0.312. The number of carboxylic acids is 1. The summed E-state index contributed by atoms with van der Waals surface area (Å²) in [5.41, 5.74) is 0.272. The standard InChI is InChI=1S/C16H16O3/c17-16(18)15-13-4-2-1-3-12(13)7-8-14(15)19-10-9-11-5-6-11/h1-4,7-8,11H,5-6,9-10H2,(H,17,18). The van der Waals surface area contributed by atoms with Gasteiger partial charge in [0.25, 0.3) is 0 Å². The van der Waals surface area contributed by atoms with Gasteiger partial charge in [-0.1, -0.05) is 43.2 Å². The predicted octanol–water partition coefficient (Wildman–Crippen LogP) is 3.72. The smallest absolute Gasteiger partial charge is 0.340 e. The van der Waals surface area contributed by atoms with E-state index in [1.165, 1.54) is 12.8 Å². The van der Waals surface area contributed by atoms with E-state index in [0.717, 1.165) is 23.1 Å². The molecule has 0 aliphatic heterocycles. The number of fused-ring (bicyclic) bond motifs is 1. The van der Waals surface area contributed by atoms with E-state index in [-0.39, 0.29) is 5.56 Å². The van der Waals surface area contributed by atoms with Gasteiger partial charge in [0.15, 0.2) is 0 Å². The number of hydrogen-bond acceptors (Lipinski definition) is 2. The van der Waals surface area contributed by atoms with Gasteiger partial charge in [0, 0.05) is 0 Å². The molecule has 0 unspecified atom stereocenters. The Balaban J connectivity index is 1.92. The third kappa shape index (κ3) is 2.55. The third-order valence-corrected chi connectivity index (χ3v) is 3.59. The summed E-state index contributed by atoms with van der Waals surface area (Å²) in [6.07, 6.45) is 3.59. The molecule has 1 aliphatic carbocycles. The first-order valence-corrected chi connectivity index (χ1v) is 6.63. The summed E-state index contributed by atoms with van der Waals surface area (Å²) >= 11 is 0. The van der Waals surface area contributed by atoms with Crippen molar-refractivity contribution in [2.24, 2.45) is 5.92 Å². The van der Waals surface area contributed by atoms with Crippen LogP contribution in [-0.4, -0.2) is 17.7 Å². The maximum Gasteiger partial charge on any atom is 0.340 e. The highest BCUT2D eigenvalue weighted by molar-refractivity contribution is 6.06. The number of carbonyl (C=O) groups is 1. The Morgan fingerprint density at radius 2 is 2.00 bits per heavy atom. The van der Waals surface area contributed by atoms with Crippen LogP contribution in [0.1, 0.15) is 29.6 Å². The summed E-state index contributed by atoms with van der Waals surface area (Å²) in [7, 11) is 0. The van der Waals surface area contributed by atoms with Gasteiger partial charge in [-0.2, -0.15) is 0 Å². The molecule has 2 aromatic carbocycles. The molecule has 0 atom stereocenters. The van der Waals surface area contributed by atoms with Crippen molar-refractivity contribution in [2.75, 3.05) is 6.61 Å². The lowest BCUT2D eigenvalue weighted by Gasteiger charge is -2.11. The fourth-order valence-electron chi connectivity index (χ4n) is 2.33. The Bertz CT molecular complexity index is 614. The SMILES string of the molecule is O=C(O)c1c(OCCC2CC2)ccc2ccccc12. The van der Waals surface area contributed by atoms with Crippen LogP contribution in [0.5, 0.6) is 5.75 Å². The van der Waals surface area contributed by atoms with Gasteiger partial charge in [-0.15, -0.1) is 0 Å². The Hall–Kier alpha value is -2.03. The Labute approximate surface area is 111 Å². The maximum atomic E-state index is 11.5. The molecule has 3 rings (SSSR count). The molecule has 2 aromatic rings. The van der Waals surface area contributed by atoms with E-state index in [2.05, 4.69) is 0 Å². The molecule has 3 heteroatoms. The zero-order valence-corrected chi connectivity index (χ0v) is 10.6. The molecule has 98 valence electrons. The van der Waals surface area contributed by atoms with E-state index in [0.29, 0.717) is 12.4 Å². The molecule has 19 heavy (non-hydrogen) atoms. The van der Waals surface area contributed by atoms with Crippen molar-refractivity contribution in [3.8, 4) is 5.75 Å². The second-order valence-corrected chi connectivity index (χ2v) is 5.05. The van der Waals surface area contributed by atoms with E-state index < -0.39 is 5.97 Å². The lowest BCUT2D eigenvalue weighted by atomic mass is 10.0. The third-order valence-electron chi connectivity index (χ3n) is 3.59. The molecule has 1 saturated carbocycles. The van der Waals surface area contributed by atoms with Gasteiger partial charge in [-0.25, -0.2) is 4.79 Å². The van der Waals surface area contributed by atoms with Gasteiger partial charge >= 0.3 is 5.97 Å². The average molecular weight is 256 g/mol. The summed E-state index contributed by atoms with van der Waals surface area (Å²) in [5.74, 6) is 0.332. The van der Waals surface area contributed by atoms with E-state index >= 15 is 0 Å². The highest BCUT2D eigenvalue weighted by Gasteiger charge is 2.21. The summed E-state index contributed by atoms with van der Waals surface area (Å²) in [6, 6.07) is 11.2. The van der Waals surface area contributed by atoms with E-state index in [1.54, 1.807) is 6.07 Å². The first-order valence-electron chi connectivity index (χ1n) is 6.63. The van der Waals surface area contributed by atoms with Crippen LogP contribution in [0.2, 0.25) is 0 Å². The molecule has 0 heterocycles. The lowest BCUT2D eigenvalue weighted by molar-refractivity contribution is 0.0694. The molecule has 3 nitrogen and oxygen atoms in total. The van der Waals surface area contributed by atoms with Crippen LogP contribution in [0.4, 0.5) is 0 Å². The predicted molar refractivity (Wildman–Crippen MR) is 73.7 cm³/mol. The van der Waals surface area contributed by atoms with Crippen LogP contribution in [0, 0.1) is 5.92 Å². The molecule has 1 N–H and O–H groups in total. The summed E-state index contributed by atoms with van der Waals surface area (Å²) in [4.78, 5) is 11.5. The fourth-order valence-corrected chi connectivity index (χ4v) is 2.33. The van der Waals surface area contributed by atoms with Crippen molar-refractivity contribution in [1.82, 2.24) is 0 Å². The van der Waals surface area contributed by atoms with Gasteiger partial charge < -0.3 is 9.84 Å². The zero-order chi connectivity index (χ0) is 13.2. The molecule has 0 spiro atoms. The minimum Gasteiger partial charge on any atom is -0.493 e. The van der Waals surface area contributed by atoms with Crippen LogP contribution in [0.25, 0.3) is 10.8 Å². The second kappa shape index (κ2) is 4.92. The van der Waals surface area contributed by atoms with Gasteiger partial charge in [0.2, 0.25) is 0 Å². The number of rotatable bonds is 5. The maximum absolute atomic E-state index is 11.5. The van der Waals surface area contributed by atoms with Crippen molar-refractivity contribution in [3.05, 3.63) is 42.0 Å². The second-order valence-electron chi connectivity index (χ2n) is 5.05. The Morgan fingerprint density at radius 1 is 1.21 bits per heavy atom. The molecular formula is C16H16O3. The van der Waals surface area contributed by atoms with Gasteiger partial charge in [0.1, 0.15) is 11.3 Å². The van der Waals surface area contributed by atoms with Crippen LogP contribution >= 0.6 is 0 Å². The number of ether oxygens (including phenoxy) is 1. The number of carboxylic acid groups (broad SMARTS) is 1. The van der Waals surface area contributed by atoms with Crippen molar-refractivity contribution >= 4 is 16.7 Å². The highest BCUT2D eigenvalue weighted by Crippen LogP contribution is 2.33.